The zero-order valence-corrected chi connectivity index (χ0v) is 25.3. The van der Waals surface area contributed by atoms with Crippen LogP contribution in [0, 0.1) is 11.6 Å². The molecule has 0 aliphatic carbocycles. The third-order valence-electron chi connectivity index (χ3n) is 8.10. The Hall–Kier alpha value is -5.84. The van der Waals surface area contributed by atoms with Gasteiger partial charge in [0.25, 0.3) is 11.5 Å². The van der Waals surface area contributed by atoms with E-state index in [0.29, 0.717) is 31.7 Å². The van der Waals surface area contributed by atoms with Crippen LogP contribution in [0.4, 0.5) is 14.5 Å². The van der Waals surface area contributed by atoms with E-state index in [1.54, 1.807) is 36.8 Å². The SMILES string of the molecule is O=C(C=C(O)c1cc(Cc2ccc(F)cc2)cn(Cc2ccccc2F)c1=O)C(=O)N1CCN(c2ccc(-n3ccnc3)cc2)CC1. The van der Waals surface area contributed by atoms with Crippen molar-refractivity contribution in [2.45, 2.75) is 13.0 Å². The molecule has 1 amide bonds. The Labute approximate surface area is 269 Å². The number of carbonyl (C=O) groups excluding carboxylic acids is 2. The summed E-state index contributed by atoms with van der Waals surface area (Å²) in [4.78, 5) is 47.2. The van der Waals surface area contributed by atoms with Gasteiger partial charge in [-0.3, -0.25) is 14.4 Å². The van der Waals surface area contributed by atoms with Crippen LogP contribution in [0.1, 0.15) is 22.3 Å². The number of aliphatic hydroxyl groups is 1. The first-order valence-electron chi connectivity index (χ1n) is 15.0. The van der Waals surface area contributed by atoms with E-state index in [2.05, 4.69) is 9.88 Å². The van der Waals surface area contributed by atoms with Crippen molar-refractivity contribution in [1.82, 2.24) is 19.0 Å². The zero-order valence-electron chi connectivity index (χ0n) is 25.3. The van der Waals surface area contributed by atoms with Gasteiger partial charge in [-0.2, -0.15) is 0 Å². The highest BCUT2D eigenvalue weighted by Crippen LogP contribution is 2.20. The molecule has 1 N–H and O–H groups in total. The molecule has 6 rings (SSSR count). The van der Waals surface area contributed by atoms with E-state index in [4.69, 9.17) is 0 Å². The largest absolute Gasteiger partial charge is 0.507 e. The lowest BCUT2D eigenvalue weighted by atomic mass is 10.0. The number of ketones is 1. The molecular formula is C36H31F2N5O4. The molecule has 11 heteroatoms. The number of nitrogens with zero attached hydrogens (tertiary/aromatic N) is 5. The van der Waals surface area contributed by atoms with Gasteiger partial charge in [0, 0.05) is 67.8 Å². The van der Waals surface area contributed by atoms with E-state index in [-0.39, 0.29) is 24.1 Å². The van der Waals surface area contributed by atoms with Crippen LogP contribution in [-0.2, 0) is 22.6 Å². The number of anilines is 1. The summed E-state index contributed by atoms with van der Waals surface area (Å²) in [6, 6.07) is 21.2. The number of halogens is 2. The summed E-state index contributed by atoms with van der Waals surface area (Å²) in [5, 5.41) is 11.0. The molecule has 3 heterocycles. The maximum atomic E-state index is 14.5. The monoisotopic (exact) mass is 635 g/mol. The molecule has 5 aromatic rings. The Kier molecular flexibility index (Phi) is 9.05. The van der Waals surface area contributed by atoms with Crippen molar-refractivity contribution >= 4 is 23.1 Å². The summed E-state index contributed by atoms with van der Waals surface area (Å²) >= 11 is 0. The summed E-state index contributed by atoms with van der Waals surface area (Å²) in [5.41, 5.74) is 2.60. The van der Waals surface area contributed by atoms with Crippen LogP contribution in [0.25, 0.3) is 11.4 Å². The molecule has 1 saturated heterocycles. The Balaban J connectivity index is 1.18. The van der Waals surface area contributed by atoms with Gasteiger partial charge < -0.3 is 24.0 Å². The van der Waals surface area contributed by atoms with Crippen LogP contribution in [-0.4, -0.2) is 62.0 Å². The van der Waals surface area contributed by atoms with Crippen molar-refractivity contribution in [3.63, 3.8) is 0 Å². The fourth-order valence-electron chi connectivity index (χ4n) is 5.58. The summed E-state index contributed by atoms with van der Waals surface area (Å²) in [6.45, 7) is 1.47. The average Bonchev–Trinajstić information content (AvgIpc) is 3.63. The van der Waals surface area contributed by atoms with Crippen molar-refractivity contribution in [2.24, 2.45) is 0 Å². The van der Waals surface area contributed by atoms with E-state index in [1.165, 1.54) is 46.0 Å². The Morgan fingerprint density at radius 1 is 0.872 bits per heavy atom. The minimum absolute atomic E-state index is 0.132. The minimum atomic E-state index is -0.968. The number of carbonyl (C=O) groups is 2. The third-order valence-corrected chi connectivity index (χ3v) is 8.10. The number of pyridine rings is 1. The Morgan fingerprint density at radius 3 is 2.26 bits per heavy atom. The first-order valence-corrected chi connectivity index (χ1v) is 15.0. The van der Waals surface area contributed by atoms with E-state index in [1.807, 2.05) is 35.0 Å². The predicted octanol–water partition coefficient (Wildman–Crippen LogP) is 4.77. The smallest absolute Gasteiger partial charge is 0.294 e. The number of aliphatic hydroxyl groups excluding tert-OH is 1. The number of piperazine rings is 1. The Bertz CT molecular complexity index is 1980. The molecule has 0 saturated carbocycles. The molecular weight excluding hydrogens is 604 g/mol. The van der Waals surface area contributed by atoms with Gasteiger partial charge >= 0.3 is 0 Å². The molecule has 2 aromatic heterocycles. The number of imidazole rings is 1. The van der Waals surface area contributed by atoms with Gasteiger partial charge in [-0.15, -0.1) is 0 Å². The van der Waals surface area contributed by atoms with E-state index >= 15 is 0 Å². The molecule has 3 aromatic carbocycles. The van der Waals surface area contributed by atoms with Crippen LogP contribution < -0.4 is 10.5 Å². The number of benzene rings is 3. The lowest BCUT2D eigenvalue weighted by molar-refractivity contribution is -0.142. The lowest BCUT2D eigenvalue weighted by Gasteiger charge is -2.35. The van der Waals surface area contributed by atoms with E-state index < -0.39 is 34.6 Å². The molecule has 0 radical (unpaired) electrons. The van der Waals surface area contributed by atoms with Gasteiger partial charge in [0.05, 0.1) is 18.4 Å². The average molecular weight is 636 g/mol. The van der Waals surface area contributed by atoms with Crippen LogP contribution in [0.5, 0.6) is 0 Å². The second-order valence-electron chi connectivity index (χ2n) is 11.2. The number of hydrogen-bond donors (Lipinski definition) is 1. The number of aromatic nitrogens is 3. The highest BCUT2D eigenvalue weighted by atomic mass is 19.1. The van der Waals surface area contributed by atoms with Crippen molar-refractivity contribution in [3.8, 4) is 5.69 Å². The maximum absolute atomic E-state index is 14.5. The number of amides is 1. The molecule has 0 atom stereocenters. The van der Waals surface area contributed by atoms with Crippen molar-refractivity contribution in [3.05, 3.63) is 154 Å². The van der Waals surface area contributed by atoms with Gasteiger partial charge in [-0.1, -0.05) is 30.3 Å². The zero-order chi connectivity index (χ0) is 32.9. The summed E-state index contributed by atoms with van der Waals surface area (Å²) in [5.74, 6) is -3.33. The summed E-state index contributed by atoms with van der Waals surface area (Å²) < 4.78 is 31.1. The molecule has 1 aliphatic rings. The van der Waals surface area contributed by atoms with Crippen LogP contribution in [0.3, 0.4) is 0 Å². The predicted molar refractivity (Wildman–Crippen MR) is 173 cm³/mol. The molecule has 0 unspecified atom stereocenters. The second kappa shape index (κ2) is 13.7. The van der Waals surface area contributed by atoms with Crippen molar-refractivity contribution in [2.75, 3.05) is 31.1 Å². The van der Waals surface area contributed by atoms with Crippen LogP contribution in [0.2, 0.25) is 0 Å². The molecule has 0 bridgehead atoms. The standard InChI is InChI=1S/C36H31F2N5O4/c37-28-7-5-25(6-8-28)19-26-20-31(35(46)43(22-26)23-27-3-1-2-4-32(27)38)33(44)21-34(45)36(47)41-17-15-40(16-18-41)29-9-11-30(12-10-29)42-14-13-39-24-42/h1-14,20-22,24,44H,15-19,23H2. The molecule has 47 heavy (non-hydrogen) atoms. The van der Waals surface area contributed by atoms with E-state index in [0.717, 1.165) is 23.0 Å². The Morgan fingerprint density at radius 2 is 1.57 bits per heavy atom. The third kappa shape index (κ3) is 7.19. The van der Waals surface area contributed by atoms with Crippen molar-refractivity contribution in [1.29, 1.82) is 0 Å². The first-order chi connectivity index (χ1) is 22.7. The van der Waals surface area contributed by atoms with Gasteiger partial charge in [0.2, 0.25) is 5.78 Å². The molecule has 238 valence electrons. The van der Waals surface area contributed by atoms with Crippen LogP contribution >= 0.6 is 0 Å². The second-order valence-corrected chi connectivity index (χ2v) is 11.2. The summed E-state index contributed by atoms with van der Waals surface area (Å²) in [7, 11) is 0. The maximum Gasteiger partial charge on any atom is 0.294 e. The van der Waals surface area contributed by atoms with Gasteiger partial charge in [0.1, 0.15) is 17.4 Å². The molecule has 0 spiro atoms. The minimum Gasteiger partial charge on any atom is -0.507 e. The normalized spacial score (nSPS) is 13.5. The quantitative estimate of drug-likeness (QED) is 0.142. The highest BCUT2D eigenvalue weighted by molar-refractivity contribution is 6.41. The molecule has 1 aliphatic heterocycles. The first kappa shape index (κ1) is 31.2. The fraction of sp³-hybridized carbons (Fsp3) is 0.167. The molecule has 1 fully saturated rings. The van der Waals surface area contributed by atoms with Crippen LogP contribution in [0.15, 0.2) is 115 Å². The lowest BCUT2D eigenvalue weighted by Crippen LogP contribution is -2.50. The number of rotatable bonds is 9. The highest BCUT2D eigenvalue weighted by Gasteiger charge is 2.26. The van der Waals surface area contributed by atoms with Gasteiger partial charge in [-0.05, 0) is 66.1 Å². The van der Waals surface area contributed by atoms with Gasteiger partial charge in [0.15, 0.2) is 0 Å². The van der Waals surface area contributed by atoms with Gasteiger partial charge in [-0.25, -0.2) is 13.8 Å². The topological polar surface area (TPSA) is 101 Å². The fourth-order valence-corrected chi connectivity index (χ4v) is 5.58. The van der Waals surface area contributed by atoms with E-state index in [9.17, 15) is 28.3 Å². The number of hydrogen-bond acceptors (Lipinski definition) is 6. The molecule has 9 nitrogen and oxygen atoms in total. The summed E-state index contributed by atoms with van der Waals surface area (Å²) in [6.07, 6.45) is 7.84. The van der Waals surface area contributed by atoms with Crippen molar-refractivity contribution < 1.29 is 23.5 Å².